The quantitative estimate of drug-likeness (QED) is 0.762. The second-order valence-electron chi connectivity index (χ2n) is 8.67. The molecule has 26 heavy (non-hydrogen) atoms. The summed E-state index contributed by atoms with van der Waals surface area (Å²) < 4.78 is 0. The van der Waals surface area contributed by atoms with Crippen LogP contribution in [-0.4, -0.2) is 17.1 Å². The number of aromatic carboxylic acids is 1. The maximum Gasteiger partial charge on any atom is 0.335 e. The number of carboxylic acid groups (broad SMARTS) is 1. The van der Waals surface area contributed by atoms with Crippen LogP contribution in [0.5, 0.6) is 0 Å². The highest BCUT2D eigenvalue weighted by molar-refractivity contribution is 5.88. The van der Waals surface area contributed by atoms with Crippen molar-refractivity contribution in [3.63, 3.8) is 0 Å². The second-order valence-corrected chi connectivity index (χ2v) is 8.67. The molecule has 3 fully saturated rings. The van der Waals surface area contributed by atoms with E-state index in [9.17, 15) is 4.79 Å². The van der Waals surface area contributed by atoms with E-state index >= 15 is 0 Å². The molecule has 3 aliphatic carbocycles. The zero-order valence-corrected chi connectivity index (χ0v) is 15.7. The third kappa shape index (κ3) is 2.80. The third-order valence-electron chi connectivity index (χ3n) is 7.03. The third-order valence-corrected chi connectivity index (χ3v) is 7.03. The highest BCUT2D eigenvalue weighted by Gasteiger charge is 2.56. The molecule has 3 aliphatic rings. The van der Waals surface area contributed by atoms with Crippen molar-refractivity contribution in [1.29, 1.82) is 0 Å². The fraction of sp³-hybridized carbons (Fsp3) is 0.435. The van der Waals surface area contributed by atoms with Crippen molar-refractivity contribution in [2.45, 2.75) is 39.7 Å². The average Bonchev–Trinajstić information content (AvgIpc) is 2.63. The molecule has 2 aromatic rings. The van der Waals surface area contributed by atoms with Crippen LogP contribution in [0.2, 0.25) is 0 Å². The Balaban J connectivity index is 1.51. The van der Waals surface area contributed by atoms with Gasteiger partial charge in [0.25, 0.3) is 0 Å². The summed E-state index contributed by atoms with van der Waals surface area (Å²) in [6.45, 7) is 7.26. The molecule has 3 nitrogen and oxygen atoms in total. The summed E-state index contributed by atoms with van der Waals surface area (Å²) >= 11 is 0. The molecule has 3 heteroatoms. The Hall–Kier alpha value is -2.29. The van der Waals surface area contributed by atoms with Gasteiger partial charge in [-0.15, -0.1) is 0 Å². The number of nitrogens with one attached hydrogen (secondary N) is 1. The summed E-state index contributed by atoms with van der Waals surface area (Å²) in [6.07, 6.45) is 2.64. The van der Waals surface area contributed by atoms with Gasteiger partial charge in [0.2, 0.25) is 0 Å². The minimum absolute atomic E-state index is 0.320. The van der Waals surface area contributed by atoms with Crippen molar-refractivity contribution in [3.8, 4) is 11.1 Å². The van der Waals surface area contributed by atoms with Crippen LogP contribution >= 0.6 is 0 Å². The first kappa shape index (κ1) is 17.1. The number of benzene rings is 2. The van der Waals surface area contributed by atoms with Crippen molar-refractivity contribution >= 4 is 11.7 Å². The molecule has 4 atom stereocenters. The van der Waals surface area contributed by atoms with Gasteiger partial charge < -0.3 is 10.4 Å². The van der Waals surface area contributed by atoms with E-state index in [4.69, 9.17) is 5.11 Å². The highest BCUT2D eigenvalue weighted by atomic mass is 16.4. The van der Waals surface area contributed by atoms with Crippen molar-refractivity contribution in [2.24, 2.45) is 23.2 Å². The van der Waals surface area contributed by atoms with E-state index in [-0.39, 0.29) is 0 Å². The van der Waals surface area contributed by atoms with Gasteiger partial charge in [-0.3, -0.25) is 0 Å². The van der Waals surface area contributed by atoms with Crippen LogP contribution in [0, 0.1) is 23.2 Å². The minimum atomic E-state index is -0.889. The number of fused-ring (bicyclic) bond motifs is 2. The largest absolute Gasteiger partial charge is 0.478 e. The molecular formula is C23H27NO2. The molecule has 0 saturated heterocycles. The number of hydrogen-bond acceptors (Lipinski definition) is 2. The Kier molecular flexibility index (Phi) is 4.06. The molecule has 2 bridgehead atoms. The first-order valence-corrected chi connectivity index (χ1v) is 9.56. The Morgan fingerprint density at radius 1 is 1.08 bits per heavy atom. The van der Waals surface area contributed by atoms with E-state index in [1.54, 1.807) is 12.1 Å². The van der Waals surface area contributed by atoms with E-state index in [0.29, 0.717) is 22.9 Å². The molecular weight excluding hydrogens is 322 g/mol. The Morgan fingerprint density at radius 3 is 2.42 bits per heavy atom. The van der Waals surface area contributed by atoms with Gasteiger partial charge in [-0.25, -0.2) is 4.79 Å². The summed E-state index contributed by atoms with van der Waals surface area (Å²) in [7, 11) is 0. The molecule has 5 rings (SSSR count). The second kappa shape index (κ2) is 6.15. The number of anilines is 1. The molecule has 0 spiro atoms. The molecule has 2 aromatic carbocycles. The maximum atomic E-state index is 11.0. The maximum absolute atomic E-state index is 11.0. The topological polar surface area (TPSA) is 49.3 Å². The van der Waals surface area contributed by atoms with Gasteiger partial charge in [0.15, 0.2) is 0 Å². The van der Waals surface area contributed by atoms with E-state index in [1.165, 1.54) is 12.8 Å². The molecule has 0 heterocycles. The van der Waals surface area contributed by atoms with E-state index in [2.05, 4.69) is 50.4 Å². The normalized spacial score (nSPS) is 28.9. The summed E-state index contributed by atoms with van der Waals surface area (Å²) in [5, 5.41) is 12.8. The van der Waals surface area contributed by atoms with Crippen molar-refractivity contribution in [3.05, 3.63) is 54.1 Å². The number of carboxylic acids is 1. The number of carbonyl (C=O) groups is 1. The van der Waals surface area contributed by atoms with Crippen molar-refractivity contribution in [1.82, 2.24) is 0 Å². The molecule has 0 amide bonds. The predicted molar refractivity (Wildman–Crippen MR) is 105 cm³/mol. The zero-order chi connectivity index (χ0) is 18.5. The lowest BCUT2D eigenvalue weighted by Gasteiger charge is -2.62. The summed E-state index contributed by atoms with van der Waals surface area (Å²) in [6, 6.07) is 16.1. The lowest BCUT2D eigenvalue weighted by Crippen LogP contribution is -2.58. The number of hydrogen-bond donors (Lipinski definition) is 2. The van der Waals surface area contributed by atoms with Crippen LogP contribution in [0.15, 0.2) is 48.5 Å². The fourth-order valence-electron chi connectivity index (χ4n) is 5.15. The van der Waals surface area contributed by atoms with Gasteiger partial charge in [0, 0.05) is 11.7 Å². The van der Waals surface area contributed by atoms with E-state index in [1.807, 2.05) is 12.1 Å². The van der Waals surface area contributed by atoms with Gasteiger partial charge in [-0.05, 0) is 71.4 Å². The van der Waals surface area contributed by atoms with Crippen LogP contribution in [0.4, 0.5) is 5.69 Å². The van der Waals surface area contributed by atoms with Crippen molar-refractivity contribution in [2.75, 3.05) is 5.32 Å². The highest BCUT2D eigenvalue weighted by Crippen LogP contribution is 2.61. The Morgan fingerprint density at radius 2 is 1.81 bits per heavy atom. The standard InChI is InChI=1S/C23H27NO2/c1-14-20-12-18(23(20,2)3)13-21(14)24-19-6-4-5-17(11-19)15-7-9-16(10-8-15)22(25)26/h4-11,14,18,20-21,24H,12-13H2,1-3H3,(H,25,26)/t14-,18+,20+,21+/m1/s1. The van der Waals surface area contributed by atoms with Crippen LogP contribution in [0.25, 0.3) is 11.1 Å². The smallest absolute Gasteiger partial charge is 0.335 e. The summed E-state index contributed by atoms with van der Waals surface area (Å²) in [5.74, 6) is 1.46. The van der Waals surface area contributed by atoms with E-state index < -0.39 is 5.97 Å². The van der Waals surface area contributed by atoms with Gasteiger partial charge in [-0.1, -0.05) is 45.0 Å². The summed E-state index contributed by atoms with van der Waals surface area (Å²) in [4.78, 5) is 11.0. The molecule has 0 aliphatic heterocycles. The molecule has 136 valence electrons. The van der Waals surface area contributed by atoms with Crippen LogP contribution in [0.3, 0.4) is 0 Å². The average molecular weight is 349 g/mol. The van der Waals surface area contributed by atoms with Gasteiger partial charge in [0.1, 0.15) is 0 Å². The Bertz CT molecular complexity index is 824. The van der Waals surface area contributed by atoms with E-state index in [0.717, 1.165) is 28.7 Å². The fourth-order valence-corrected chi connectivity index (χ4v) is 5.15. The first-order valence-electron chi connectivity index (χ1n) is 9.56. The molecule has 3 saturated carbocycles. The minimum Gasteiger partial charge on any atom is -0.478 e. The number of rotatable bonds is 4. The van der Waals surface area contributed by atoms with Gasteiger partial charge >= 0.3 is 5.97 Å². The lowest BCUT2D eigenvalue weighted by atomic mass is 9.45. The molecule has 2 N–H and O–H groups in total. The lowest BCUT2D eigenvalue weighted by molar-refractivity contribution is -0.105. The molecule has 0 radical (unpaired) electrons. The van der Waals surface area contributed by atoms with Gasteiger partial charge in [0.05, 0.1) is 5.56 Å². The van der Waals surface area contributed by atoms with Gasteiger partial charge in [-0.2, -0.15) is 0 Å². The van der Waals surface area contributed by atoms with Crippen molar-refractivity contribution < 1.29 is 9.90 Å². The van der Waals surface area contributed by atoms with Crippen LogP contribution in [0.1, 0.15) is 44.0 Å². The van der Waals surface area contributed by atoms with Crippen LogP contribution < -0.4 is 5.32 Å². The molecule has 0 unspecified atom stereocenters. The molecule has 0 aromatic heterocycles. The van der Waals surface area contributed by atoms with Crippen LogP contribution in [-0.2, 0) is 0 Å². The monoisotopic (exact) mass is 349 g/mol. The zero-order valence-electron chi connectivity index (χ0n) is 15.7. The SMILES string of the molecule is C[C@H]1[C@@H](Nc2cccc(-c3ccc(C(=O)O)cc3)c2)C[C@@H]2C[C@@H]1C2(C)C. The first-order chi connectivity index (χ1) is 12.4. The predicted octanol–water partition coefficient (Wildman–Crippen LogP) is 5.53. The summed E-state index contributed by atoms with van der Waals surface area (Å²) in [5.41, 5.74) is 4.13. The Labute approximate surface area is 155 Å².